The van der Waals surface area contributed by atoms with Gasteiger partial charge in [-0.25, -0.2) is 0 Å². The maximum absolute atomic E-state index is 11.9. The number of piperidine rings is 1. The molecular weight excluding hydrogens is 302 g/mol. The van der Waals surface area contributed by atoms with E-state index in [1.165, 1.54) is 11.8 Å². The first-order valence-corrected chi connectivity index (χ1v) is 7.72. The topological polar surface area (TPSA) is 73.9 Å². The summed E-state index contributed by atoms with van der Waals surface area (Å²) in [5.74, 6) is -0.162. The van der Waals surface area contributed by atoms with E-state index >= 15 is 0 Å². The summed E-state index contributed by atoms with van der Waals surface area (Å²) in [6.07, 6.45) is 3.32. The Hall–Kier alpha value is -1.92. The van der Waals surface area contributed by atoms with E-state index in [2.05, 4.69) is 37.8 Å². The molecule has 0 atom stereocenters. The van der Waals surface area contributed by atoms with Gasteiger partial charge < -0.3 is 5.32 Å². The minimum Gasteiger partial charge on any atom is -0.348 e. The molecule has 1 aromatic heterocycles. The maximum Gasteiger partial charge on any atom is 0.273 e. The van der Waals surface area contributed by atoms with Crippen LogP contribution in [-0.4, -0.2) is 45.3 Å². The fourth-order valence-corrected chi connectivity index (χ4v) is 2.78. The highest BCUT2D eigenvalue weighted by molar-refractivity contribution is 6.30. The summed E-state index contributed by atoms with van der Waals surface area (Å²) in [6.45, 7) is 2.85. The predicted octanol–water partition coefficient (Wildman–Crippen LogP) is 1.85. The molecule has 0 unspecified atom stereocenters. The highest BCUT2D eigenvalue weighted by atomic mass is 35.5. The van der Waals surface area contributed by atoms with Crippen molar-refractivity contribution in [2.24, 2.45) is 0 Å². The highest BCUT2D eigenvalue weighted by Crippen LogP contribution is 2.16. The Bertz CT molecular complexity index is 605. The van der Waals surface area contributed by atoms with Crippen molar-refractivity contribution in [3.05, 3.63) is 46.7 Å². The van der Waals surface area contributed by atoms with Crippen LogP contribution in [-0.2, 0) is 6.54 Å². The molecule has 0 radical (unpaired) electrons. The molecule has 0 spiro atoms. The molecule has 116 valence electrons. The van der Waals surface area contributed by atoms with Gasteiger partial charge in [0.05, 0.1) is 6.20 Å². The SMILES string of the molecule is O=C(NC1CCN(Cc2ccc(Cl)cc2)CC1)c1cn[nH]n1. The number of halogens is 1. The summed E-state index contributed by atoms with van der Waals surface area (Å²) < 4.78 is 0. The Kier molecular flexibility index (Phi) is 4.70. The maximum atomic E-state index is 11.9. The van der Waals surface area contributed by atoms with Crippen molar-refractivity contribution in [3.8, 4) is 0 Å². The molecule has 0 saturated carbocycles. The molecular formula is C15H18ClN5O. The lowest BCUT2D eigenvalue weighted by Crippen LogP contribution is -2.44. The molecule has 7 heteroatoms. The van der Waals surface area contributed by atoms with Crippen LogP contribution in [0.1, 0.15) is 28.9 Å². The summed E-state index contributed by atoms with van der Waals surface area (Å²) in [4.78, 5) is 14.3. The number of nitrogens with zero attached hydrogens (tertiary/aromatic N) is 3. The number of hydrogen-bond acceptors (Lipinski definition) is 4. The number of amides is 1. The van der Waals surface area contributed by atoms with Gasteiger partial charge in [-0.15, -0.1) is 0 Å². The minimum atomic E-state index is -0.162. The third kappa shape index (κ3) is 3.84. The van der Waals surface area contributed by atoms with Crippen LogP contribution in [0.3, 0.4) is 0 Å². The molecule has 2 aromatic rings. The summed E-state index contributed by atoms with van der Waals surface area (Å²) >= 11 is 5.90. The first-order chi connectivity index (χ1) is 10.7. The number of nitrogens with one attached hydrogen (secondary N) is 2. The number of benzene rings is 1. The molecule has 0 bridgehead atoms. The Morgan fingerprint density at radius 1 is 1.32 bits per heavy atom. The largest absolute Gasteiger partial charge is 0.348 e. The second-order valence-corrected chi connectivity index (χ2v) is 5.94. The van der Waals surface area contributed by atoms with Crippen LogP contribution in [0.2, 0.25) is 5.02 Å². The normalized spacial score (nSPS) is 16.6. The Morgan fingerprint density at radius 2 is 2.05 bits per heavy atom. The predicted molar refractivity (Wildman–Crippen MR) is 83.6 cm³/mol. The molecule has 0 aliphatic carbocycles. The quantitative estimate of drug-likeness (QED) is 0.902. The second kappa shape index (κ2) is 6.89. The molecule has 1 saturated heterocycles. The smallest absolute Gasteiger partial charge is 0.273 e. The second-order valence-electron chi connectivity index (χ2n) is 5.51. The lowest BCUT2D eigenvalue weighted by Gasteiger charge is -2.32. The molecule has 3 rings (SSSR count). The Morgan fingerprint density at radius 3 is 2.68 bits per heavy atom. The monoisotopic (exact) mass is 319 g/mol. The van der Waals surface area contributed by atoms with Crippen molar-refractivity contribution < 1.29 is 4.79 Å². The van der Waals surface area contributed by atoms with Gasteiger partial charge in [-0.2, -0.15) is 15.4 Å². The van der Waals surface area contributed by atoms with Crippen LogP contribution in [0.5, 0.6) is 0 Å². The van der Waals surface area contributed by atoms with Crippen molar-refractivity contribution in [1.82, 2.24) is 25.6 Å². The number of aromatic nitrogens is 3. The number of carbonyl (C=O) groups excluding carboxylic acids is 1. The number of aromatic amines is 1. The van der Waals surface area contributed by atoms with Gasteiger partial charge in [0.25, 0.3) is 5.91 Å². The zero-order chi connectivity index (χ0) is 15.4. The zero-order valence-electron chi connectivity index (χ0n) is 12.1. The van der Waals surface area contributed by atoms with Crippen LogP contribution < -0.4 is 5.32 Å². The van der Waals surface area contributed by atoms with E-state index in [9.17, 15) is 4.79 Å². The van der Waals surface area contributed by atoms with E-state index in [-0.39, 0.29) is 11.9 Å². The fraction of sp³-hybridized carbons (Fsp3) is 0.400. The average molecular weight is 320 g/mol. The number of likely N-dealkylation sites (tertiary alicyclic amines) is 1. The van der Waals surface area contributed by atoms with Gasteiger partial charge >= 0.3 is 0 Å². The number of hydrogen-bond donors (Lipinski definition) is 2. The summed E-state index contributed by atoms with van der Waals surface area (Å²) in [7, 11) is 0. The summed E-state index contributed by atoms with van der Waals surface area (Å²) in [5.41, 5.74) is 1.60. The van der Waals surface area contributed by atoms with Crippen LogP contribution in [0, 0.1) is 0 Å². The lowest BCUT2D eigenvalue weighted by atomic mass is 10.0. The van der Waals surface area contributed by atoms with Gasteiger partial charge in [-0.1, -0.05) is 23.7 Å². The van der Waals surface area contributed by atoms with Gasteiger partial charge in [-0.3, -0.25) is 9.69 Å². The van der Waals surface area contributed by atoms with Crippen LogP contribution >= 0.6 is 11.6 Å². The van der Waals surface area contributed by atoms with Gasteiger partial charge in [0, 0.05) is 30.7 Å². The van der Waals surface area contributed by atoms with E-state index in [0.29, 0.717) is 5.69 Å². The van der Waals surface area contributed by atoms with E-state index in [1.54, 1.807) is 0 Å². The van der Waals surface area contributed by atoms with Crippen LogP contribution in [0.15, 0.2) is 30.5 Å². The van der Waals surface area contributed by atoms with Crippen LogP contribution in [0.4, 0.5) is 0 Å². The first kappa shape index (κ1) is 15.0. The number of H-pyrrole nitrogens is 1. The Labute approximate surface area is 133 Å². The average Bonchev–Trinajstić information content (AvgIpc) is 3.06. The molecule has 6 nitrogen and oxygen atoms in total. The van der Waals surface area contributed by atoms with E-state index in [0.717, 1.165) is 37.5 Å². The molecule has 2 heterocycles. The van der Waals surface area contributed by atoms with Crippen molar-refractivity contribution in [3.63, 3.8) is 0 Å². The van der Waals surface area contributed by atoms with E-state index in [1.807, 2.05) is 12.1 Å². The third-order valence-corrected chi connectivity index (χ3v) is 4.14. The van der Waals surface area contributed by atoms with Gasteiger partial charge in [0.2, 0.25) is 0 Å². The Balaban J connectivity index is 1.46. The zero-order valence-corrected chi connectivity index (χ0v) is 12.9. The molecule has 2 N–H and O–H groups in total. The fourth-order valence-electron chi connectivity index (χ4n) is 2.65. The molecule has 1 fully saturated rings. The van der Waals surface area contributed by atoms with Gasteiger partial charge in [0.15, 0.2) is 5.69 Å². The lowest BCUT2D eigenvalue weighted by molar-refractivity contribution is 0.0904. The summed E-state index contributed by atoms with van der Waals surface area (Å²) in [5, 5.41) is 13.7. The van der Waals surface area contributed by atoms with E-state index < -0.39 is 0 Å². The van der Waals surface area contributed by atoms with Crippen molar-refractivity contribution in [1.29, 1.82) is 0 Å². The standard InChI is InChI=1S/C15H18ClN5O/c16-12-3-1-11(2-4-12)10-21-7-5-13(6-8-21)18-15(22)14-9-17-20-19-14/h1-4,9,13H,5-8,10H2,(H,18,22)(H,17,19,20). The number of rotatable bonds is 4. The summed E-state index contributed by atoms with van der Waals surface area (Å²) in [6, 6.07) is 8.15. The number of carbonyl (C=O) groups is 1. The third-order valence-electron chi connectivity index (χ3n) is 3.89. The molecule has 1 aromatic carbocycles. The first-order valence-electron chi connectivity index (χ1n) is 7.34. The van der Waals surface area contributed by atoms with Crippen LogP contribution in [0.25, 0.3) is 0 Å². The van der Waals surface area contributed by atoms with Crippen molar-refractivity contribution >= 4 is 17.5 Å². The van der Waals surface area contributed by atoms with Crippen molar-refractivity contribution in [2.75, 3.05) is 13.1 Å². The highest BCUT2D eigenvalue weighted by Gasteiger charge is 2.21. The molecule has 1 amide bonds. The minimum absolute atomic E-state index is 0.162. The van der Waals surface area contributed by atoms with Gasteiger partial charge in [0.1, 0.15) is 0 Å². The molecule has 1 aliphatic rings. The van der Waals surface area contributed by atoms with E-state index in [4.69, 9.17) is 11.6 Å². The molecule has 1 aliphatic heterocycles. The molecule has 22 heavy (non-hydrogen) atoms. The van der Waals surface area contributed by atoms with Crippen molar-refractivity contribution in [2.45, 2.75) is 25.4 Å². The van der Waals surface area contributed by atoms with Gasteiger partial charge in [-0.05, 0) is 30.5 Å².